The van der Waals surface area contributed by atoms with Gasteiger partial charge in [-0.3, -0.25) is 0 Å². The Hall–Kier alpha value is 0.280. The van der Waals surface area contributed by atoms with E-state index in [4.69, 9.17) is 28.3 Å². The third-order valence-electron chi connectivity index (χ3n) is 0.271. The van der Waals surface area contributed by atoms with Crippen molar-refractivity contribution in [1.82, 2.24) is 0 Å². The highest BCUT2D eigenvalue weighted by Crippen LogP contribution is 1.78. The fourth-order valence-electron chi connectivity index (χ4n) is 0. The van der Waals surface area contributed by atoms with E-state index >= 15 is 0 Å². The largest absolute Gasteiger partial charge is 0.396 e. The molecule has 0 unspecified atom stereocenters. The number of aliphatic hydroxyl groups is 1. The first-order valence-electron chi connectivity index (χ1n) is 2.29. The maximum Gasteiger partial charge on any atom is 0.0428 e. The van der Waals surface area contributed by atoms with Gasteiger partial charge in [0.15, 0.2) is 0 Å². The second-order valence-electron chi connectivity index (χ2n) is 0.976. The minimum atomic E-state index is 0.319. The predicted octanol–water partition coefficient (Wildman–Crippen LogP) is 2.32. The quantitative estimate of drug-likeness (QED) is 0.619. The van der Waals surface area contributed by atoms with Crippen molar-refractivity contribution in [3.63, 3.8) is 0 Å². The van der Waals surface area contributed by atoms with E-state index in [1.165, 1.54) is 11.1 Å². The lowest BCUT2D eigenvalue weighted by Gasteiger charge is -1.69. The monoisotopic (exact) mass is 156 g/mol. The predicted molar refractivity (Wildman–Crippen MR) is 38.2 cm³/mol. The number of aliphatic hydroxyl groups excluding tert-OH is 1. The summed E-state index contributed by atoms with van der Waals surface area (Å²) < 4.78 is 0. The average Bonchev–Trinajstić information content (AvgIpc) is 1.88. The molecular formula is C5H10Cl2O. The van der Waals surface area contributed by atoms with Crippen molar-refractivity contribution in [3.8, 4) is 0 Å². The van der Waals surface area contributed by atoms with Crippen molar-refractivity contribution < 1.29 is 5.11 Å². The van der Waals surface area contributed by atoms with Crippen LogP contribution in [0.15, 0.2) is 11.1 Å². The number of rotatable bonds is 1. The summed E-state index contributed by atoms with van der Waals surface area (Å²) >= 11 is 9.75. The molecule has 0 fully saturated rings. The van der Waals surface area contributed by atoms with Crippen LogP contribution in [0.1, 0.15) is 13.3 Å². The van der Waals surface area contributed by atoms with E-state index < -0.39 is 0 Å². The van der Waals surface area contributed by atoms with E-state index in [1.54, 1.807) is 0 Å². The molecule has 0 spiro atoms. The Morgan fingerprint density at radius 2 is 1.62 bits per heavy atom. The number of hydrogen-bond acceptors (Lipinski definition) is 1. The van der Waals surface area contributed by atoms with Gasteiger partial charge < -0.3 is 5.11 Å². The van der Waals surface area contributed by atoms with Gasteiger partial charge in [0.2, 0.25) is 0 Å². The van der Waals surface area contributed by atoms with Gasteiger partial charge in [-0.15, -0.1) is 0 Å². The highest BCUT2D eigenvalue weighted by molar-refractivity contribution is 6.33. The van der Waals surface area contributed by atoms with E-state index in [0.717, 1.165) is 6.42 Å². The molecule has 0 radical (unpaired) electrons. The molecule has 0 atom stereocenters. The van der Waals surface area contributed by atoms with Gasteiger partial charge in [0.05, 0.1) is 0 Å². The molecule has 0 aromatic rings. The molecule has 1 N–H and O–H groups in total. The van der Waals surface area contributed by atoms with Crippen LogP contribution in [0, 0.1) is 0 Å². The molecule has 8 heavy (non-hydrogen) atoms. The molecule has 0 saturated heterocycles. The molecular weight excluding hydrogens is 147 g/mol. The fourth-order valence-corrected chi connectivity index (χ4v) is 0. The summed E-state index contributed by atoms with van der Waals surface area (Å²) in [5, 5.41) is 7.88. The molecule has 0 saturated carbocycles. The second kappa shape index (κ2) is 15.7. The third-order valence-corrected chi connectivity index (χ3v) is 0.652. The normalized spacial score (nSPS) is 8.50. The van der Waals surface area contributed by atoms with Crippen LogP contribution in [0.5, 0.6) is 0 Å². The first kappa shape index (κ1) is 11.1. The summed E-state index contributed by atoms with van der Waals surface area (Å²) in [7, 11) is 0. The fraction of sp³-hybridized carbons (Fsp3) is 0.600. The SMILES string of the molecule is CCCO.Cl/C=C/Cl. The summed E-state index contributed by atoms with van der Waals surface area (Å²) in [5.74, 6) is 0. The minimum absolute atomic E-state index is 0.319. The average molecular weight is 157 g/mol. The molecule has 0 aliphatic carbocycles. The third kappa shape index (κ3) is 33.7. The highest BCUT2D eigenvalue weighted by atomic mass is 35.5. The van der Waals surface area contributed by atoms with Gasteiger partial charge in [0.25, 0.3) is 0 Å². The zero-order valence-corrected chi connectivity index (χ0v) is 6.28. The van der Waals surface area contributed by atoms with E-state index in [0.29, 0.717) is 6.61 Å². The van der Waals surface area contributed by atoms with Crippen LogP contribution < -0.4 is 0 Å². The second-order valence-corrected chi connectivity index (χ2v) is 1.48. The maximum atomic E-state index is 7.88. The Kier molecular flexibility index (Phi) is 21.8. The maximum absolute atomic E-state index is 7.88. The van der Waals surface area contributed by atoms with Crippen molar-refractivity contribution in [2.24, 2.45) is 0 Å². The van der Waals surface area contributed by atoms with Crippen LogP contribution >= 0.6 is 23.2 Å². The highest BCUT2D eigenvalue weighted by Gasteiger charge is 1.57. The van der Waals surface area contributed by atoms with Crippen LogP contribution in [-0.4, -0.2) is 11.7 Å². The van der Waals surface area contributed by atoms with Crippen LogP contribution in [-0.2, 0) is 0 Å². The van der Waals surface area contributed by atoms with Crippen molar-refractivity contribution in [3.05, 3.63) is 11.1 Å². The van der Waals surface area contributed by atoms with Gasteiger partial charge in [0.1, 0.15) is 0 Å². The van der Waals surface area contributed by atoms with Gasteiger partial charge in [-0.05, 0) is 6.42 Å². The zero-order valence-electron chi connectivity index (χ0n) is 4.77. The van der Waals surface area contributed by atoms with Crippen LogP contribution in [0.4, 0.5) is 0 Å². The topological polar surface area (TPSA) is 20.2 Å². The van der Waals surface area contributed by atoms with Crippen LogP contribution in [0.25, 0.3) is 0 Å². The molecule has 0 aromatic heterocycles. The van der Waals surface area contributed by atoms with Gasteiger partial charge in [0, 0.05) is 17.7 Å². The standard InChI is InChI=1S/C3H8O.C2H2Cl2/c1-2-3-4;3-1-2-4/h4H,2-3H2,1H3;1-2H/b;2-1+. The lowest BCUT2D eigenvalue weighted by Crippen LogP contribution is -1.69. The lowest BCUT2D eigenvalue weighted by molar-refractivity contribution is 0.295. The van der Waals surface area contributed by atoms with E-state index in [-0.39, 0.29) is 0 Å². The number of halogens is 2. The zero-order chi connectivity index (χ0) is 6.83. The van der Waals surface area contributed by atoms with Gasteiger partial charge in [-0.2, -0.15) is 0 Å². The minimum Gasteiger partial charge on any atom is -0.396 e. The Bertz CT molecular complexity index is 39.7. The molecule has 0 heterocycles. The molecule has 0 aromatic carbocycles. The Balaban J connectivity index is 0. The molecule has 0 rings (SSSR count). The van der Waals surface area contributed by atoms with Gasteiger partial charge in [-0.1, -0.05) is 30.1 Å². The van der Waals surface area contributed by atoms with Crippen molar-refractivity contribution >= 4 is 23.2 Å². The Morgan fingerprint density at radius 3 is 1.62 bits per heavy atom. The van der Waals surface area contributed by atoms with Gasteiger partial charge >= 0.3 is 0 Å². The molecule has 50 valence electrons. The molecule has 0 aliphatic heterocycles. The van der Waals surface area contributed by atoms with Crippen molar-refractivity contribution in [2.75, 3.05) is 6.61 Å². The Morgan fingerprint density at radius 1 is 1.38 bits per heavy atom. The summed E-state index contributed by atoms with van der Waals surface area (Å²) in [6, 6.07) is 0. The summed E-state index contributed by atoms with van der Waals surface area (Å²) in [6.45, 7) is 2.25. The summed E-state index contributed by atoms with van der Waals surface area (Å²) in [4.78, 5) is 0. The van der Waals surface area contributed by atoms with E-state index in [9.17, 15) is 0 Å². The first-order valence-corrected chi connectivity index (χ1v) is 3.17. The molecule has 0 aliphatic rings. The Labute approximate surface area is 59.9 Å². The van der Waals surface area contributed by atoms with E-state index in [1.807, 2.05) is 6.92 Å². The molecule has 0 amide bonds. The summed E-state index contributed by atoms with van der Waals surface area (Å²) in [5.41, 5.74) is 2.48. The summed E-state index contributed by atoms with van der Waals surface area (Å²) in [6.07, 6.45) is 0.875. The van der Waals surface area contributed by atoms with Crippen LogP contribution in [0.3, 0.4) is 0 Å². The van der Waals surface area contributed by atoms with E-state index in [2.05, 4.69) is 0 Å². The van der Waals surface area contributed by atoms with Gasteiger partial charge in [-0.25, -0.2) is 0 Å². The molecule has 1 nitrogen and oxygen atoms in total. The lowest BCUT2D eigenvalue weighted by atomic mass is 10.5. The molecule has 3 heteroatoms. The van der Waals surface area contributed by atoms with Crippen LogP contribution in [0.2, 0.25) is 0 Å². The van der Waals surface area contributed by atoms with Crippen molar-refractivity contribution in [1.29, 1.82) is 0 Å². The smallest absolute Gasteiger partial charge is 0.0428 e. The number of hydrogen-bond donors (Lipinski definition) is 1. The molecule has 0 bridgehead atoms. The first-order chi connectivity index (χ1) is 3.83. The van der Waals surface area contributed by atoms with Crippen molar-refractivity contribution in [2.45, 2.75) is 13.3 Å².